The maximum Gasteiger partial charge on any atom is 0.254 e. The highest BCUT2D eigenvalue weighted by Crippen LogP contribution is 2.20. The number of carbonyl (C=O) groups is 2. The van der Waals surface area contributed by atoms with Crippen LogP contribution in [0.3, 0.4) is 0 Å². The van der Waals surface area contributed by atoms with Crippen molar-refractivity contribution in [3.05, 3.63) is 59.3 Å². The number of likely N-dealkylation sites (tertiary alicyclic amines) is 1. The first kappa shape index (κ1) is 17.0. The van der Waals surface area contributed by atoms with Gasteiger partial charge < -0.3 is 15.5 Å². The van der Waals surface area contributed by atoms with Crippen molar-refractivity contribution in [1.29, 1.82) is 0 Å². The molecule has 3 rings (SSSR count). The van der Waals surface area contributed by atoms with E-state index in [0.717, 1.165) is 5.56 Å². The van der Waals surface area contributed by atoms with Crippen molar-refractivity contribution in [2.24, 2.45) is 0 Å². The lowest BCUT2D eigenvalue weighted by atomic mass is 10.1. The number of hydrogen-bond donors (Lipinski definition) is 2. The van der Waals surface area contributed by atoms with Gasteiger partial charge in [-0.25, -0.2) is 4.98 Å². The highest BCUT2D eigenvalue weighted by atomic mass is 16.2. The lowest BCUT2D eigenvalue weighted by Crippen LogP contribution is -2.34. The number of aryl methyl sites for hydroxylation is 1. The molecule has 25 heavy (non-hydrogen) atoms. The van der Waals surface area contributed by atoms with Crippen molar-refractivity contribution < 1.29 is 9.59 Å². The van der Waals surface area contributed by atoms with E-state index in [1.165, 1.54) is 5.56 Å². The molecule has 2 heterocycles. The van der Waals surface area contributed by atoms with Crippen LogP contribution in [0.25, 0.3) is 0 Å². The Balaban J connectivity index is 1.68. The minimum absolute atomic E-state index is 0.0362. The number of anilines is 1. The molecule has 1 aromatic heterocycles. The van der Waals surface area contributed by atoms with Crippen molar-refractivity contribution in [1.82, 2.24) is 15.2 Å². The largest absolute Gasteiger partial charge is 0.358 e. The van der Waals surface area contributed by atoms with E-state index >= 15 is 0 Å². The van der Waals surface area contributed by atoms with Crippen molar-refractivity contribution in [2.45, 2.75) is 25.9 Å². The summed E-state index contributed by atoms with van der Waals surface area (Å²) in [5.41, 5.74) is 2.76. The van der Waals surface area contributed by atoms with E-state index in [1.54, 1.807) is 25.4 Å². The molecule has 1 saturated heterocycles. The molecule has 2 amide bonds. The third-order valence-corrected chi connectivity index (χ3v) is 4.38. The molecule has 2 aromatic rings. The van der Waals surface area contributed by atoms with Crippen LogP contribution in [0.4, 0.5) is 5.82 Å². The van der Waals surface area contributed by atoms with Gasteiger partial charge in [0.1, 0.15) is 11.9 Å². The first-order valence-electron chi connectivity index (χ1n) is 8.36. The van der Waals surface area contributed by atoms with Crippen LogP contribution in [0.5, 0.6) is 0 Å². The monoisotopic (exact) mass is 338 g/mol. The molecule has 0 bridgehead atoms. The molecule has 130 valence electrons. The van der Waals surface area contributed by atoms with Gasteiger partial charge in [0.25, 0.3) is 5.91 Å². The van der Waals surface area contributed by atoms with Crippen LogP contribution >= 0.6 is 0 Å². The van der Waals surface area contributed by atoms with Crippen LogP contribution < -0.4 is 10.6 Å². The van der Waals surface area contributed by atoms with Gasteiger partial charge >= 0.3 is 0 Å². The van der Waals surface area contributed by atoms with Gasteiger partial charge in [-0.05, 0) is 31.0 Å². The van der Waals surface area contributed by atoms with Gasteiger partial charge in [0, 0.05) is 26.3 Å². The SMILES string of the molecule is CNC(=O)c1cccnc1NC1CCN(Cc2ccc(C)cc2)C1=O. The van der Waals surface area contributed by atoms with E-state index in [1.807, 2.05) is 24.0 Å². The Bertz CT molecular complexity index is 773. The molecule has 0 saturated carbocycles. The number of nitrogens with one attached hydrogen (secondary N) is 2. The molecule has 1 unspecified atom stereocenters. The van der Waals surface area contributed by atoms with Gasteiger partial charge in [0.2, 0.25) is 5.91 Å². The van der Waals surface area contributed by atoms with E-state index in [4.69, 9.17) is 0 Å². The average Bonchev–Trinajstić information content (AvgIpc) is 2.97. The zero-order valence-corrected chi connectivity index (χ0v) is 14.5. The second kappa shape index (κ2) is 7.34. The molecule has 1 aliphatic rings. The first-order valence-corrected chi connectivity index (χ1v) is 8.36. The molecule has 1 fully saturated rings. The van der Waals surface area contributed by atoms with Gasteiger partial charge in [0.15, 0.2) is 0 Å². The Morgan fingerprint density at radius 1 is 1.28 bits per heavy atom. The smallest absolute Gasteiger partial charge is 0.254 e. The number of hydrogen-bond acceptors (Lipinski definition) is 4. The fourth-order valence-electron chi connectivity index (χ4n) is 2.95. The Kier molecular flexibility index (Phi) is 4.97. The van der Waals surface area contributed by atoms with E-state index in [-0.39, 0.29) is 17.9 Å². The lowest BCUT2D eigenvalue weighted by Gasteiger charge is -2.18. The number of nitrogens with zero attached hydrogens (tertiary/aromatic N) is 2. The zero-order chi connectivity index (χ0) is 17.8. The van der Waals surface area contributed by atoms with Gasteiger partial charge in [-0.3, -0.25) is 9.59 Å². The number of benzene rings is 1. The Hall–Kier alpha value is -2.89. The van der Waals surface area contributed by atoms with Crippen molar-refractivity contribution in [2.75, 3.05) is 18.9 Å². The van der Waals surface area contributed by atoms with Gasteiger partial charge in [-0.1, -0.05) is 29.8 Å². The number of aromatic nitrogens is 1. The predicted molar refractivity (Wildman–Crippen MR) is 96.3 cm³/mol. The molecule has 2 N–H and O–H groups in total. The maximum atomic E-state index is 12.7. The van der Waals surface area contributed by atoms with Crippen molar-refractivity contribution >= 4 is 17.6 Å². The highest BCUT2D eigenvalue weighted by molar-refractivity contribution is 5.99. The fraction of sp³-hybridized carbons (Fsp3) is 0.316. The molecule has 0 spiro atoms. The number of amides is 2. The molecule has 0 aliphatic carbocycles. The third kappa shape index (κ3) is 3.79. The second-order valence-corrected chi connectivity index (χ2v) is 6.21. The third-order valence-electron chi connectivity index (χ3n) is 4.38. The summed E-state index contributed by atoms with van der Waals surface area (Å²) in [6.07, 6.45) is 2.30. The Morgan fingerprint density at radius 3 is 2.76 bits per heavy atom. The van der Waals surface area contributed by atoms with Crippen LogP contribution in [0.2, 0.25) is 0 Å². The summed E-state index contributed by atoms with van der Waals surface area (Å²) in [6, 6.07) is 11.2. The van der Waals surface area contributed by atoms with Crippen LogP contribution in [0.15, 0.2) is 42.6 Å². The number of rotatable bonds is 5. The minimum Gasteiger partial charge on any atom is -0.358 e. The first-order chi connectivity index (χ1) is 12.1. The molecule has 1 atom stereocenters. The summed E-state index contributed by atoms with van der Waals surface area (Å²) in [4.78, 5) is 30.7. The van der Waals surface area contributed by atoms with Crippen LogP contribution in [-0.2, 0) is 11.3 Å². The van der Waals surface area contributed by atoms with Crippen molar-refractivity contribution in [3.63, 3.8) is 0 Å². The van der Waals surface area contributed by atoms with Gasteiger partial charge in [-0.2, -0.15) is 0 Å². The summed E-state index contributed by atoms with van der Waals surface area (Å²) in [7, 11) is 1.57. The van der Waals surface area contributed by atoms with E-state index in [9.17, 15) is 9.59 Å². The Morgan fingerprint density at radius 2 is 2.04 bits per heavy atom. The van der Waals surface area contributed by atoms with E-state index in [0.29, 0.717) is 30.9 Å². The summed E-state index contributed by atoms with van der Waals surface area (Å²) in [5, 5.41) is 5.73. The number of pyridine rings is 1. The molecule has 1 aromatic carbocycles. The van der Waals surface area contributed by atoms with E-state index < -0.39 is 0 Å². The molecule has 1 aliphatic heterocycles. The Labute approximate surface area is 147 Å². The average molecular weight is 338 g/mol. The van der Waals surface area contributed by atoms with Gasteiger partial charge in [0.05, 0.1) is 5.56 Å². The summed E-state index contributed by atoms with van der Waals surface area (Å²) >= 11 is 0. The lowest BCUT2D eigenvalue weighted by molar-refractivity contribution is -0.128. The molecule has 6 heteroatoms. The van der Waals surface area contributed by atoms with Crippen molar-refractivity contribution in [3.8, 4) is 0 Å². The summed E-state index contributed by atoms with van der Waals surface area (Å²) < 4.78 is 0. The fourth-order valence-corrected chi connectivity index (χ4v) is 2.95. The van der Waals surface area contributed by atoms with Gasteiger partial charge in [-0.15, -0.1) is 0 Å². The van der Waals surface area contributed by atoms with E-state index in [2.05, 4.69) is 27.8 Å². The standard InChI is InChI=1S/C19H22N4O2/c1-13-5-7-14(8-6-13)12-23-11-9-16(19(23)25)22-17-15(18(24)20-2)4-3-10-21-17/h3-8,10,16H,9,11-12H2,1-2H3,(H,20,24)(H,21,22). The maximum absolute atomic E-state index is 12.7. The second-order valence-electron chi connectivity index (χ2n) is 6.21. The number of carbonyl (C=O) groups excluding carboxylic acids is 2. The summed E-state index contributed by atoms with van der Waals surface area (Å²) in [6.45, 7) is 3.33. The highest BCUT2D eigenvalue weighted by Gasteiger charge is 2.32. The van der Waals surface area contributed by atoms with Crippen LogP contribution in [0.1, 0.15) is 27.9 Å². The quantitative estimate of drug-likeness (QED) is 0.874. The molecule has 0 radical (unpaired) electrons. The normalized spacial score (nSPS) is 16.8. The van der Waals surface area contributed by atoms with Crippen LogP contribution in [-0.4, -0.2) is 41.3 Å². The molecular formula is C19H22N4O2. The summed E-state index contributed by atoms with van der Waals surface area (Å²) in [5.74, 6) is 0.254. The molecule has 6 nitrogen and oxygen atoms in total. The van der Waals surface area contributed by atoms with Crippen LogP contribution in [0, 0.1) is 6.92 Å². The topological polar surface area (TPSA) is 74.3 Å². The minimum atomic E-state index is -0.358. The predicted octanol–water partition coefficient (Wildman–Crippen LogP) is 1.96. The molecular weight excluding hydrogens is 316 g/mol. The zero-order valence-electron chi connectivity index (χ0n) is 14.5.